The highest BCUT2D eigenvalue weighted by molar-refractivity contribution is 5.49. The van der Waals surface area contributed by atoms with Crippen molar-refractivity contribution < 1.29 is 13.7 Å². The molecule has 0 fully saturated rings. The van der Waals surface area contributed by atoms with Gasteiger partial charge in [0.15, 0.2) is 0 Å². The Morgan fingerprint density at radius 1 is 1.35 bits per heavy atom. The van der Waals surface area contributed by atoms with Gasteiger partial charge in [-0.1, -0.05) is 6.07 Å². The molecule has 0 spiro atoms. The van der Waals surface area contributed by atoms with E-state index >= 15 is 0 Å². The monoisotopic (exact) mass is 279 g/mol. The molecular formula is C13H11F2N3O2. The SMILES string of the molecule is Cc1cnc(NCc2ccc(F)cc2F)cc1[N+](=O)[O-]. The van der Waals surface area contributed by atoms with Gasteiger partial charge in [-0.3, -0.25) is 10.1 Å². The summed E-state index contributed by atoms with van der Waals surface area (Å²) in [4.78, 5) is 14.2. The van der Waals surface area contributed by atoms with Crippen LogP contribution in [0, 0.1) is 28.7 Å². The molecule has 0 unspecified atom stereocenters. The van der Waals surface area contributed by atoms with Crippen LogP contribution >= 0.6 is 0 Å². The third kappa shape index (κ3) is 3.05. The van der Waals surface area contributed by atoms with Crippen LogP contribution in [0.4, 0.5) is 20.3 Å². The summed E-state index contributed by atoms with van der Waals surface area (Å²) >= 11 is 0. The van der Waals surface area contributed by atoms with E-state index < -0.39 is 16.6 Å². The van der Waals surface area contributed by atoms with Gasteiger partial charge in [0.05, 0.1) is 11.0 Å². The van der Waals surface area contributed by atoms with E-state index in [0.717, 1.165) is 12.1 Å². The molecule has 0 bridgehead atoms. The van der Waals surface area contributed by atoms with Crippen LogP contribution in [0.1, 0.15) is 11.1 Å². The van der Waals surface area contributed by atoms with Crippen LogP contribution in [0.5, 0.6) is 0 Å². The maximum absolute atomic E-state index is 13.4. The van der Waals surface area contributed by atoms with E-state index in [4.69, 9.17) is 0 Å². The summed E-state index contributed by atoms with van der Waals surface area (Å²) in [7, 11) is 0. The van der Waals surface area contributed by atoms with Gasteiger partial charge in [0, 0.05) is 29.9 Å². The van der Waals surface area contributed by atoms with Crippen LogP contribution in [0.2, 0.25) is 0 Å². The van der Waals surface area contributed by atoms with Gasteiger partial charge in [-0.05, 0) is 13.0 Å². The molecule has 0 amide bonds. The summed E-state index contributed by atoms with van der Waals surface area (Å²) in [6.45, 7) is 1.63. The zero-order valence-corrected chi connectivity index (χ0v) is 10.6. The highest BCUT2D eigenvalue weighted by Crippen LogP contribution is 2.20. The van der Waals surface area contributed by atoms with Crippen LogP contribution in [0.3, 0.4) is 0 Å². The Hall–Kier alpha value is -2.57. The molecule has 1 aromatic carbocycles. The summed E-state index contributed by atoms with van der Waals surface area (Å²) in [6.07, 6.45) is 1.36. The summed E-state index contributed by atoms with van der Waals surface area (Å²) in [5.41, 5.74) is 0.618. The highest BCUT2D eigenvalue weighted by atomic mass is 19.1. The van der Waals surface area contributed by atoms with Gasteiger partial charge >= 0.3 is 0 Å². The lowest BCUT2D eigenvalue weighted by atomic mass is 10.2. The van der Waals surface area contributed by atoms with Crippen molar-refractivity contribution in [2.45, 2.75) is 13.5 Å². The van der Waals surface area contributed by atoms with Gasteiger partial charge in [-0.2, -0.15) is 0 Å². The number of benzene rings is 1. The van der Waals surface area contributed by atoms with Gasteiger partial charge in [0.1, 0.15) is 17.5 Å². The molecule has 0 saturated carbocycles. The molecule has 7 heteroatoms. The van der Waals surface area contributed by atoms with E-state index in [1.807, 2.05) is 0 Å². The Balaban J connectivity index is 2.15. The van der Waals surface area contributed by atoms with E-state index in [0.29, 0.717) is 5.56 Å². The summed E-state index contributed by atoms with van der Waals surface area (Å²) in [5.74, 6) is -1.08. The van der Waals surface area contributed by atoms with E-state index in [1.54, 1.807) is 6.92 Å². The minimum atomic E-state index is -0.681. The standard InChI is InChI=1S/C13H11F2N3O2/c1-8-6-16-13(5-12(8)18(19)20)17-7-9-2-3-10(14)4-11(9)15/h2-6H,7H2,1H3,(H,16,17). The van der Waals surface area contributed by atoms with Gasteiger partial charge in [-0.25, -0.2) is 13.8 Å². The predicted molar refractivity (Wildman–Crippen MR) is 69.3 cm³/mol. The maximum atomic E-state index is 13.4. The summed E-state index contributed by atoms with van der Waals surface area (Å²) in [6, 6.07) is 4.50. The van der Waals surface area contributed by atoms with Crippen LogP contribution in [-0.4, -0.2) is 9.91 Å². The van der Waals surface area contributed by atoms with Gasteiger partial charge in [0.2, 0.25) is 0 Å². The van der Waals surface area contributed by atoms with Gasteiger partial charge < -0.3 is 5.32 Å². The molecule has 1 heterocycles. The number of nitrogens with zero attached hydrogens (tertiary/aromatic N) is 2. The fraction of sp³-hybridized carbons (Fsp3) is 0.154. The molecule has 1 N–H and O–H groups in total. The van der Waals surface area contributed by atoms with Crippen molar-refractivity contribution in [3.63, 3.8) is 0 Å². The van der Waals surface area contributed by atoms with Crippen LogP contribution in [-0.2, 0) is 6.54 Å². The number of nitrogens with one attached hydrogen (secondary N) is 1. The molecule has 0 aliphatic carbocycles. The molecule has 1 aromatic heterocycles. The molecule has 20 heavy (non-hydrogen) atoms. The number of aromatic nitrogens is 1. The van der Waals surface area contributed by atoms with Crippen molar-refractivity contribution in [3.05, 3.63) is 63.3 Å². The summed E-state index contributed by atoms with van der Waals surface area (Å²) < 4.78 is 26.2. The lowest BCUT2D eigenvalue weighted by Gasteiger charge is -2.07. The smallest absolute Gasteiger partial charge is 0.277 e. The van der Waals surface area contributed by atoms with Gasteiger partial charge in [-0.15, -0.1) is 0 Å². The van der Waals surface area contributed by atoms with Crippen molar-refractivity contribution in [1.29, 1.82) is 0 Å². The number of aryl methyl sites for hydroxylation is 1. The first-order chi connectivity index (χ1) is 9.47. The number of nitro groups is 1. The third-order valence-electron chi connectivity index (χ3n) is 2.75. The predicted octanol–water partition coefficient (Wildman–Crippen LogP) is 3.19. The number of rotatable bonds is 4. The Bertz CT molecular complexity index is 662. The molecule has 0 aliphatic rings. The van der Waals surface area contributed by atoms with Crippen molar-refractivity contribution >= 4 is 11.5 Å². The van der Waals surface area contributed by atoms with Crippen LogP contribution in [0.15, 0.2) is 30.5 Å². The number of pyridine rings is 1. The second-order valence-electron chi connectivity index (χ2n) is 4.20. The highest BCUT2D eigenvalue weighted by Gasteiger charge is 2.12. The zero-order valence-electron chi connectivity index (χ0n) is 10.6. The largest absolute Gasteiger partial charge is 0.366 e. The average molecular weight is 279 g/mol. The summed E-state index contributed by atoms with van der Waals surface area (Å²) in [5, 5.41) is 13.6. The van der Waals surface area contributed by atoms with E-state index in [2.05, 4.69) is 10.3 Å². The Morgan fingerprint density at radius 2 is 2.10 bits per heavy atom. The van der Waals surface area contributed by atoms with Gasteiger partial charge in [0.25, 0.3) is 5.69 Å². The number of hydrogen-bond donors (Lipinski definition) is 1. The van der Waals surface area contributed by atoms with E-state index in [1.165, 1.54) is 18.3 Å². The van der Waals surface area contributed by atoms with Crippen molar-refractivity contribution in [2.24, 2.45) is 0 Å². The first-order valence-corrected chi connectivity index (χ1v) is 5.76. The number of hydrogen-bond acceptors (Lipinski definition) is 4. The van der Waals surface area contributed by atoms with Crippen LogP contribution in [0.25, 0.3) is 0 Å². The Kier molecular flexibility index (Phi) is 3.88. The van der Waals surface area contributed by atoms with Crippen molar-refractivity contribution in [3.8, 4) is 0 Å². The fourth-order valence-corrected chi connectivity index (χ4v) is 1.66. The lowest BCUT2D eigenvalue weighted by Crippen LogP contribution is -2.04. The molecule has 0 saturated heterocycles. The minimum Gasteiger partial charge on any atom is -0.366 e. The minimum absolute atomic E-state index is 0.0549. The first-order valence-electron chi connectivity index (χ1n) is 5.76. The normalized spacial score (nSPS) is 10.3. The third-order valence-corrected chi connectivity index (χ3v) is 2.75. The number of halogens is 2. The number of anilines is 1. The molecule has 2 aromatic rings. The second-order valence-corrected chi connectivity index (χ2v) is 4.20. The Morgan fingerprint density at radius 3 is 2.75 bits per heavy atom. The topological polar surface area (TPSA) is 68.1 Å². The van der Waals surface area contributed by atoms with E-state index in [9.17, 15) is 18.9 Å². The first kappa shape index (κ1) is 13.9. The molecule has 5 nitrogen and oxygen atoms in total. The maximum Gasteiger partial charge on any atom is 0.277 e. The molecule has 104 valence electrons. The Labute approximate surface area is 113 Å². The van der Waals surface area contributed by atoms with Crippen molar-refractivity contribution in [1.82, 2.24) is 4.98 Å². The van der Waals surface area contributed by atoms with Crippen molar-refractivity contribution in [2.75, 3.05) is 5.32 Å². The van der Waals surface area contributed by atoms with E-state index in [-0.39, 0.29) is 23.6 Å². The quantitative estimate of drug-likeness (QED) is 0.689. The molecule has 0 radical (unpaired) electrons. The second kappa shape index (κ2) is 5.60. The zero-order chi connectivity index (χ0) is 14.7. The molecule has 2 rings (SSSR count). The molecule has 0 aliphatic heterocycles. The molecular weight excluding hydrogens is 268 g/mol. The lowest BCUT2D eigenvalue weighted by molar-refractivity contribution is -0.385. The fourth-order valence-electron chi connectivity index (χ4n) is 1.66. The van der Waals surface area contributed by atoms with Crippen LogP contribution < -0.4 is 5.32 Å². The molecule has 0 atom stereocenters. The average Bonchev–Trinajstić information content (AvgIpc) is 2.39.